The Balaban J connectivity index is 1.29. The summed E-state index contributed by atoms with van der Waals surface area (Å²) >= 11 is 0. The summed E-state index contributed by atoms with van der Waals surface area (Å²) in [7, 11) is 2.23. The van der Waals surface area contributed by atoms with E-state index in [0.29, 0.717) is 29.7 Å². The van der Waals surface area contributed by atoms with Crippen LogP contribution in [0.15, 0.2) is 12.4 Å². The van der Waals surface area contributed by atoms with E-state index in [1.807, 2.05) is 0 Å². The van der Waals surface area contributed by atoms with Gasteiger partial charge in [0.2, 0.25) is 5.95 Å². The van der Waals surface area contributed by atoms with Crippen LogP contribution in [-0.2, 0) is 4.79 Å². The fourth-order valence-corrected chi connectivity index (χ4v) is 6.49. The average molecular weight is 456 g/mol. The Morgan fingerprint density at radius 1 is 0.939 bits per heavy atom. The van der Waals surface area contributed by atoms with Crippen molar-refractivity contribution in [1.82, 2.24) is 19.8 Å². The van der Waals surface area contributed by atoms with Gasteiger partial charge in [-0.3, -0.25) is 4.79 Å². The molecule has 0 N–H and O–H groups in total. The number of ketones is 1. The second kappa shape index (κ2) is 11.3. The number of piperazine rings is 1. The molecule has 2 unspecified atom stereocenters. The molecule has 3 fully saturated rings. The first kappa shape index (κ1) is 24.6. The summed E-state index contributed by atoms with van der Waals surface area (Å²) in [6, 6.07) is 0.988. The van der Waals surface area contributed by atoms with E-state index in [1.54, 1.807) is 6.92 Å². The molecule has 6 heteroatoms. The number of carbonyl (C=O) groups is 1. The normalized spacial score (nSPS) is 30.5. The van der Waals surface area contributed by atoms with E-state index in [-0.39, 0.29) is 0 Å². The van der Waals surface area contributed by atoms with E-state index in [1.165, 1.54) is 50.9 Å². The van der Waals surface area contributed by atoms with Crippen LogP contribution in [0.2, 0.25) is 0 Å². The van der Waals surface area contributed by atoms with Crippen molar-refractivity contribution in [1.29, 1.82) is 0 Å². The van der Waals surface area contributed by atoms with E-state index < -0.39 is 0 Å². The van der Waals surface area contributed by atoms with E-state index in [0.717, 1.165) is 50.6 Å². The SMILES string of the molecule is CCC1CN(C)CC(CC)N1c1ncc(C2CCN(CC3CCC(C(C)=O)CC3)CC2)cn1. The van der Waals surface area contributed by atoms with Gasteiger partial charge in [0, 0.05) is 50.0 Å². The molecule has 3 aliphatic rings. The smallest absolute Gasteiger partial charge is 0.225 e. The molecule has 0 aromatic carbocycles. The van der Waals surface area contributed by atoms with Crippen molar-refractivity contribution >= 4 is 11.7 Å². The lowest BCUT2D eigenvalue weighted by Crippen LogP contribution is -2.58. The predicted octanol–water partition coefficient (Wildman–Crippen LogP) is 4.36. The maximum Gasteiger partial charge on any atom is 0.225 e. The number of aromatic nitrogens is 2. The van der Waals surface area contributed by atoms with Crippen LogP contribution < -0.4 is 4.90 Å². The zero-order valence-electron chi connectivity index (χ0n) is 21.4. The van der Waals surface area contributed by atoms with Crippen LogP contribution in [-0.4, -0.2) is 77.4 Å². The number of likely N-dealkylation sites (tertiary alicyclic amines) is 1. The largest absolute Gasteiger partial charge is 0.332 e. The monoisotopic (exact) mass is 455 g/mol. The van der Waals surface area contributed by atoms with Gasteiger partial charge in [-0.1, -0.05) is 13.8 Å². The summed E-state index contributed by atoms with van der Waals surface area (Å²) in [5.74, 6) is 3.01. The van der Waals surface area contributed by atoms with E-state index in [2.05, 4.69) is 48.0 Å². The Kier molecular flexibility index (Phi) is 8.39. The highest BCUT2D eigenvalue weighted by Crippen LogP contribution is 2.33. The Morgan fingerprint density at radius 2 is 1.52 bits per heavy atom. The zero-order valence-corrected chi connectivity index (χ0v) is 21.4. The number of nitrogens with zero attached hydrogens (tertiary/aromatic N) is 5. The van der Waals surface area contributed by atoms with E-state index in [9.17, 15) is 4.79 Å². The number of carbonyl (C=O) groups excluding carboxylic acids is 1. The fourth-order valence-electron chi connectivity index (χ4n) is 6.49. The van der Waals surface area contributed by atoms with Gasteiger partial charge in [0.25, 0.3) is 0 Å². The van der Waals surface area contributed by atoms with Gasteiger partial charge in [-0.15, -0.1) is 0 Å². The lowest BCUT2D eigenvalue weighted by molar-refractivity contribution is -0.121. The zero-order chi connectivity index (χ0) is 23.4. The molecule has 4 rings (SSSR count). The number of hydrogen-bond donors (Lipinski definition) is 0. The third-order valence-electron chi connectivity index (χ3n) is 8.66. The summed E-state index contributed by atoms with van der Waals surface area (Å²) < 4.78 is 0. The van der Waals surface area contributed by atoms with Gasteiger partial charge in [0.15, 0.2) is 0 Å². The third kappa shape index (κ3) is 5.94. The molecule has 1 saturated carbocycles. The van der Waals surface area contributed by atoms with Gasteiger partial charge < -0.3 is 14.7 Å². The van der Waals surface area contributed by atoms with Gasteiger partial charge in [0.05, 0.1) is 0 Å². The van der Waals surface area contributed by atoms with Crippen molar-refractivity contribution in [3.8, 4) is 0 Å². The number of likely N-dealkylation sites (N-methyl/N-ethyl adjacent to an activating group) is 1. The Bertz CT molecular complexity index is 738. The Morgan fingerprint density at radius 3 is 2.03 bits per heavy atom. The molecule has 33 heavy (non-hydrogen) atoms. The first-order valence-electron chi connectivity index (χ1n) is 13.5. The van der Waals surface area contributed by atoms with Crippen molar-refractivity contribution < 1.29 is 4.79 Å². The van der Waals surface area contributed by atoms with E-state index in [4.69, 9.17) is 9.97 Å². The van der Waals surface area contributed by atoms with Crippen LogP contribution in [0.25, 0.3) is 0 Å². The highest BCUT2D eigenvalue weighted by Gasteiger charge is 2.33. The molecule has 0 spiro atoms. The number of hydrogen-bond acceptors (Lipinski definition) is 6. The fraction of sp³-hybridized carbons (Fsp3) is 0.815. The van der Waals surface area contributed by atoms with Crippen molar-refractivity contribution in [2.75, 3.05) is 44.7 Å². The van der Waals surface area contributed by atoms with Crippen LogP contribution in [0.4, 0.5) is 5.95 Å². The standard InChI is InChI=1S/C27H45N5O/c1-5-25-18-30(4)19-26(6-2)32(25)27-28-15-24(16-29-27)23-11-13-31(14-12-23)17-21-7-9-22(10-8-21)20(3)33/h15-16,21-23,25-26H,5-14,17-19H2,1-4H3. The molecule has 2 atom stereocenters. The molecule has 0 radical (unpaired) electrons. The van der Waals surface area contributed by atoms with Gasteiger partial charge in [-0.2, -0.15) is 0 Å². The van der Waals surface area contributed by atoms with E-state index >= 15 is 0 Å². The lowest BCUT2D eigenvalue weighted by Gasteiger charge is -2.45. The van der Waals surface area contributed by atoms with Gasteiger partial charge in [-0.05, 0) is 95.8 Å². The molecule has 3 heterocycles. The summed E-state index contributed by atoms with van der Waals surface area (Å²) in [5.41, 5.74) is 1.32. The van der Waals surface area contributed by atoms with Crippen LogP contribution in [0.1, 0.15) is 83.6 Å². The second-order valence-corrected chi connectivity index (χ2v) is 11.0. The number of piperidine rings is 1. The highest BCUT2D eigenvalue weighted by atomic mass is 16.1. The van der Waals surface area contributed by atoms with Crippen LogP contribution >= 0.6 is 0 Å². The Labute approximate surface area is 201 Å². The average Bonchev–Trinajstić information content (AvgIpc) is 2.84. The molecular weight excluding hydrogens is 410 g/mol. The van der Waals surface area contributed by atoms with Crippen LogP contribution in [0.3, 0.4) is 0 Å². The number of anilines is 1. The maximum atomic E-state index is 11.6. The summed E-state index contributed by atoms with van der Waals surface area (Å²) in [6.07, 6.45) is 13.5. The maximum absolute atomic E-state index is 11.6. The topological polar surface area (TPSA) is 52.6 Å². The minimum absolute atomic E-state index is 0.334. The molecule has 2 saturated heterocycles. The van der Waals surface area contributed by atoms with Crippen molar-refractivity contribution in [2.45, 2.75) is 90.1 Å². The van der Waals surface area contributed by atoms with Gasteiger partial charge >= 0.3 is 0 Å². The summed E-state index contributed by atoms with van der Waals surface area (Å²) in [6.45, 7) is 12.1. The molecule has 0 amide bonds. The second-order valence-electron chi connectivity index (χ2n) is 11.0. The number of Topliss-reactive ketones (excluding diaryl/α,β-unsaturated/α-hetero) is 1. The Hall–Kier alpha value is -1.53. The molecule has 2 aliphatic heterocycles. The van der Waals surface area contributed by atoms with Crippen molar-refractivity contribution in [3.63, 3.8) is 0 Å². The van der Waals surface area contributed by atoms with Gasteiger partial charge in [-0.25, -0.2) is 9.97 Å². The van der Waals surface area contributed by atoms with Crippen molar-refractivity contribution in [2.24, 2.45) is 11.8 Å². The third-order valence-corrected chi connectivity index (χ3v) is 8.66. The van der Waals surface area contributed by atoms with Crippen molar-refractivity contribution in [3.05, 3.63) is 18.0 Å². The first-order valence-corrected chi connectivity index (χ1v) is 13.5. The molecule has 6 nitrogen and oxygen atoms in total. The first-order chi connectivity index (χ1) is 16.0. The van der Waals surface area contributed by atoms with Gasteiger partial charge in [0.1, 0.15) is 5.78 Å². The minimum Gasteiger partial charge on any atom is -0.332 e. The molecule has 1 aromatic rings. The lowest BCUT2D eigenvalue weighted by atomic mass is 9.80. The molecule has 1 aliphatic carbocycles. The molecule has 184 valence electrons. The molecule has 0 bridgehead atoms. The quantitative estimate of drug-likeness (QED) is 0.609. The predicted molar refractivity (Wildman–Crippen MR) is 135 cm³/mol. The summed E-state index contributed by atoms with van der Waals surface area (Å²) in [4.78, 5) is 29.0. The minimum atomic E-state index is 0.334. The summed E-state index contributed by atoms with van der Waals surface area (Å²) in [5, 5.41) is 0. The molecule has 1 aromatic heterocycles. The highest BCUT2D eigenvalue weighted by molar-refractivity contribution is 5.78. The molecular formula is C27H45N5O. The number of rotatable bonds is 7. The van der Waals surface area contributed by atoms with Crippen LogP contribution in [0.5, 0.6) is 0 Å². The van der Waals surface area contributed by atoms with Crippen LogP contribution in [0, 0.1) is 11.8 Å².